The van der Waals surface area contributed by atoms with E-state index < -0.39 is 6.10 Å². The lowest BCUT2D eigenvalue weighted by Crippen LogP contribution is -2.01. The lowest BCUT2D eigenvalue weighted by Gasteiger charge is -2.12. The third kappa shape index (κ3) is 3.03. The zero-order chi connectivity index (χ0) is 13.8. The van der Waals surface area contributed by atoms with Gasteiger partial charge >= 0.3 is 0 Å². The summed E-state index contributed by atoms with van der Waals surface area (Å²) in [5, 5.41) is 16.9. The van der Waals surface area contributed by atoms with Crippen LogP contribution in [0.3, 0.4) is 0 Å². The van der Waals surface area contributed by atoms with Crippen LogP contribution >= 0.6 is 0 Å². The quantitative estimate of drug-likeness (QED) is 0.890. The molecule has 0 fully saturated rings. The van der Waals surface area contributed by atoms with E-state index in [0.29, 0.717) is 22.9 Å². The van der Waals surface area contributed by atoms with Crippen LogP contribution in [0.15, 0.2) is 22.8 Å². The molecule has 1 heterocycles. The van der Waals surface area contributed by atoms with E-state index in [-0.39, 0.29) is 6.61 Å². The van der Waals surface area contributed by atoms with Crippen molar-refractivity contribution in [3.63, 3.8) is 0 Å². The van der Waals surface area contributed by atoms with Crippen molar-refractivity contribution in [3.8, 4) is 11.5 Å². The molecular weight excluding hydrogens is 248 g/mol. The summed E-state index contributed by atoms with van der Waals surface area (Å²) in [6.45, 7) is 3.74. The standard InChI is InChI=1S/C13H16N2O4/c1-8-11(15-19-14-8)7-18-12-5-4-10(9(2)16)6-13(12)17-3/h4-6,9,16H,7H2,1-3H3. The summed E-state index contributed by atoms with van der Waals surface area (Å²) in [5.41, 5.74) is 2.10. The maximum Gasteiger partial charge on any atom is 0.161 e. The molecule has 1 unspecified atom stereocenters. The molecule has 0 spiro atoms. The van der Waals surface area contributed by atoms with E-state index in [2.05, 4.69) is 14.9 Å². The Morgan fingerprint density at radius 1 is 1.32 bits per heavy atom. The van der Waals surface area contributed by atoms with Gasteiger partial charge in [0, 0.05) is 0 Å². The highest BCUT2D eigenvalue weighted by Crippen LogP contribution is 2.30. The van der Waals surface area contributed by atoms with E-state index in [0.717, 1.165) is 5.56 Å². The van der Waals surface area contributed by atoms with Gasteiger partial charge in [0.2, 0.25) is 0 Å². The number of ether oxygens (including phenoxy) is 2. The van der Waals surface area contributed by atoms with E-state index in [1.54, 1.807) is 39.2 Å². The van der Waals surface area contributed by atoms with E-state index in [9.17, 15) is 5.11 Å². The summed E-state index contributed by atoms with van der Waals surface area (Å²) in [7, 11) is 1.55. The van der Waals surface area contributed by atoms with E-state index >= 15 is 0 Å². The van der Waals surface area contributed by atoms with Crippen LogP contribution in [0.2, 0.25) is 0 Å². The molecule has 0 saturated heterocycles. The van der Waals surface area contributed by atoms with Crippen LogP contribution in [0.4, 0.5) is 0 Å². The number of aliphatic hydroxyl groups is 1. The molecule has 1 aromatic carbocycles. The minimum atomic E-state index is -0.551. The summed E-state index contributed by atoms with van der Waals surface area (Å²) >= 11 is 0. The van der Waals surface area contributed by atoms with Crippen LogP contribution in [0.25, 0.3) is 0 Å². The van der Waals surface area contributed by atoms with Crippen molar-refractivity contribution in [2.24, 2.45) is 0 Å². The first kappa shape index (κ1) is 13.4. The molecule has 1 atom stereocenters. The summed E-state index contributed by atoms with van der Waals surface area (Å²) in [4.78, 5) is 0. The van der Waals surface area contributed by atoms with Gasteiger partial charge in [-0.25, -0.2) is 4.63 Å². The van der Waals surface area contributed by atoms with Crippen molar-refractivity contribution in [1.29, 1.82) is 0 Å². The summed E-state index contributed by atoms with van der Waals surface area (Å²) in [6, 6.07) is 5.29. The van der Waals surface area contributed by atoms with Crippen molar-refractivity contribution in [2.75, 3.05) is 7.11 Å². The number of nitrogens with zero attached hydrogens (tertiary/aromatic N) is 2. The van der Waals surface area contributed by atoms with Crippen LogP contribution in [-0.4, -0.2) is 22.5 Å². The Kier molecular flexibility index (Phi) is 4.01. The van der Waals surface area contributed by atoms with Gasteiger partial charge in [-0.05, 0) is 31.5 Å². The molecule has 0 aliphatic heterocycles. The van der Waals surface area contributed by atoms with Gasteiger partial charge in [0.15, 0.2) is 11.5 Å². The van der Waals surface area contributed by atoms with Gasteiger partial charge < -0.3 is 14.6 Å². The Morgan fingerprint density at radius 3 is 2.68 bits per heavy atom. The second-order valence-electron chi connectivity index (χ2n) is 4.17. The number of hydrogen-bond donors (Lipinski definition) is 1. The van der Waals surface area contributed by atoms with Crippen molar-refractivity contribution < 1.29 is 19.2 Å². The Balaban J connectivity index is 2.14. The monoisotopic (exact) mass is 264 g/mol. The van der Waals surface area contributed by atoms with Gasteiger partial charge in [0.1, 0.15) is 18.0 Å². The zero-order valence-electron chi connectivity index (χ0n) is 11.1. The normalized spacial score (nSPS) is 12.2. The molecule has 2 rings (SSSR count). The second-order valence-corrected chi connectivity index (χ2v) is 4.17. The molecule has 0 amide bonds. The first-order valence-corrected chi connectivity index (χ1v) is 5.88. The molecular formula is C13H16N2O4. The molecule has 0 aliphatic rings. The van der Waals surface area contributed by atoms with E-state index in [1.807, 2.05) is 0 Å². The number of aliphatic hydroxyl groups excluding tert-OH is 1. The molecule has 0 bridgehead atoms. The Labute approximate surface area is 110 Å². The van der Waals surface area contributed by atoms with Gasteiger partial charge in [-0.3, -0.25) is 0 Å². The molecule has 6 heteroatoms. The van der Waals surface area contributed by atoms with Crippen molar-refractivity contribution >= 4 is 0 Å². The van der Waals surface area contributed by atoms with Gasteiger partial charge in [-0.1, -0.05) is 16.4 Å². The molecule has 6 nitrogen and oxygen atoms in total. The first-order chi connectivity index (χ1) is 9.11. The maximum atomic E-state index is 9.52. The molecule has 0 aliphatic carbocycles. The molecule has 1 N–H and O–H groups in total. The predicted molar refractivity (Wildman–Crippen MR) is 67.0 cm³/mol. The van der Waals surface area contributed by atoms with Gasteiger partial charge in [0.05, 0.1) is 13.2 Å². The number of hydrogen-bond acceptors (Lipinski definition) is 6. The van der Waals surface area contributed by atoms with Crippen LogP contribution in [0, 0.1) is 6.92 Å². The molecule has 0 radical (unpaired) electrons. The first-order valence-electron chi connectivity index (χ1n) is 5.88. The maximum absolute atomic E-state index is 9.52. The van der Waals surface area contributed by atoms with Crippen molar-refractivity contribution in [3.05, 3.63) is 35.2 Å². The summed E-state index contributed by atoms with van der Waals surface area (Å²) < 4.78 is 15.5. The summed E-state index contributed by atoms with van der Waals surface area (Å²) in [5.74, 6) is 1.14. The SMILES string of the molecule is COc1cc(C(C)O)ccc1OCc1nonc1C. The lowest BCUT2D eigenvalue weighted by molar-refractivity contribution is 0.198. The minimum Gasteiger partial charge on any atom is -0.493 e. The highest BCUT2D eigenvalue weighted by Gasteiger charge is 2.11. The third-order valence-corrected chi connectivity index (χ3v) is 2.78. The molecule has 19 heavy (non-hydrogen) atoms. The number of aryl methyl sites for hydroxylation is 1. The predicted octanol–water partition coefficient (Wildman–Crippen LogP) is 2.02. The number of rotatable bonds is 5. The highest BCUT2D eigenvalue weighted by atomic mass is 16.6. The number of aromatic nitrogens is 2. The Morgan fingerprint density at radius 2 is 2.11 bits per heavy atom. The van der Waals surface area contributed by atoms with Crippen molar-refractivity contribution in [2.45, 2.75) is 26.6 Å². The zero-order valence-corrected chi connectivity index (χ0v) is 11.1. The second kappa shape index (κ2) is 5.71. The van der Waals surface area contributed by atoms with E-state index in [1.165, 1.54) is 0 Å². The van der Waals surface area contributed by atoms with Gasteiger partial charge in [0.25, 0.3) is 0 Å². The average Bonchev–Trinajstić information content (AvgIpc) is 2.81. The smallest absolute Gasteiger partial charge is 0.161 e. The fourth-order valence-electron chi connectivity index (χ4n) is 1.59. The van der Waals surface area contributed by atoms with Crippen LogP contribution in [-0.2, 0) is 6.61 Å². The van der Waals surface area contributed by atoms with Crippen LogP contribution < -0.4 is 9.47 Å². The minimum absolute atomic E-state index is 0.250. The van der Waals surface area contributed by atoms with Gasteiger partial charge in [-0.15, -0.1) is 0 Å². The molecule has 102 valence electrons. The van der Waals surface area contributed by atoms with E-state index in [4.69, 9.17) is 9.47 Å². The average molecular weight is 264 g/mol. The van der Waals surface area contributed by atoms with Gasteiger partial charge in [-0.2, -0.15) is 0 Å². The fourth-order valence-corrected chi connectivity index (χ4v) is 1.59. The largest absolute Gasteiger partial charge is 0.493 e. The Hall–Kier alpha value is -2.08. The number of benzene rings is 1. The van der Waals surface area contributed by atoms with Crippen molar-refractivity contribution in [1.82, 2.24) is 10.3 Å². The van der Waals surface area contributed by atoms with Crippen LogP contribution in [0.5, 0.6) is 11.5 Å². The van der Waals surface area contributed by atoms with Crippen LogP contribution in [0.1, 0.15) is 30.0 Å². The summed E-state index contributed by atoms with van der Waals surface area (Å²) in [6.07, 6.45) is -0.551. The molecule has 1 aromatic heterocycles. The molecule has 0 saturated carbocycles. The highest BCUT2D eigenvalue weighted by molar-refractivity contribution is 5.43. The fraction of sp³-hybridized carbons (Fsp3) is 0.385. The molecule has 2 aromatic rings. The third-order valence-electron chi connectivity index (χ3n) is 2.78. The number of methoxy groups -OCH3 is 1. The Bertz CT molecular complexity index is 551. The topological polar surface area (TPSA) is 77.6 Å². The lowest BCUT2D eigenvalue weighted by atomic mass is 10.1.